The van der Waals surface area contributed by atoms with Crippen molar-refractivity contribution in [1.29, 1.82) is 0 Å². The highest BCUT2D eigenvalue weighted by molar-refractivity contribution is 7.89. The van der Waals surface area contributed by atoms with Crippen molar-refractivity contribution in [2.24, 2.45) is 38.3 Å². The number of hydrogen-bond donors (Lipinski definition) is 3. The van der Waals surface area contributed by atoms with Crippen LogP contribution in [0.15, 0.2) is 86.3 Å². The minimum absolute atomic E-state index is 0.0790. The predicted octanol–water partition coefficient (Wildman–Crippen LogP) is 9.46. The number of unbranched alkanes of at least 4 members (excludes halogenated alkanes) is 2. The van der Waals surface area contributed by atoms with Crippen molar-refractivity contribution in [3.05, 3.63) is 82.7 Å². The molecule has 1 heterocycles. The Morgan fingerprint density at radius 3 is 2.02 bits per heavy atom. The van der Waals surface area contributed by atoms with Crippen LogP contribution in [0.3, 0.4) is 0 Å². The van der Waals surface area contributed by atoms with Crippen molar-refractivity contribution >= 4 is 27.1 Å². The Morgan fingerprint density at radius 1 is 0.855 bits per heavy atom. The highest BCUT2D eigenvalue weighted by atomic mass is 32.2. The van der Waals surface area contributed by atoms with Gasteiger partial charge in [-0.2, -0.15) is 9.41 Å². The van der Waals surface area contributed by atoms with Gasteiger partial charge in [0.25, 0.3) is 0 Å². The van der Waals surface area contributed by atoms with Gasteiger partial charge in [0.1, 0.15) is 16.9 Å². The van der Waals surface area contributed by atoms with Crippen molar-refractivity contribution < 1.29 is 8.42 Å². The van der Waals surface area contributed by atoms with E-state index in [0.717, 1.165) is 79.6 Å². The van der Waals surface area contributed by atoms with Gasteiger partial charge in [-0.15, -0.1) is 0 Å². The molecule has 0 spiro atoms. The quantitative estimate of drug-likeness (QED) is 0.136. The molecule has 2 aliphatic rings. The zero-order valence-corrected chi connectivity index (χ0v) is 36.2. The van der Waals surface area contributed by atoms with Crippen LogP contribution in [0.5, 0.6) is 0 Å². The number of nitrogens with zero attached hydrogens (tertiary/aromatic N) is 5. The molecule has 0 amide bonds. The Balaban J connectivity index is 1.75. The lowest BCUT2D eigenvalue weighted by molar-refractivity contribution is 0.243. The zero-order valence-electron chi connectivity index (χ0n) is 35.4. The molecule has 5 N–H and O–H groups in total. The van der Waals surface area contributed by atoms with E-state index in [1.807, 2.05) is 12.1 Å². The number of allylic oxidation sites excluding steroid dienone is 4. The summed E-state index contributed by atoms with van der Waals surface area (Å²) in [7, 11) is -2.13. The van der Waals surface area contributed by atoms with Gasteiger partial charge in [-0.25, -0.2) is 18.4 Å². The van der Waals surface area contributed by atoms with E-state index in [1.165, 1.54) is 0 Å². The van der Waals surface area contributed by atoms with E-state index in [1.54, 1.807) is 35.9 Å². The minimum Gasteiger partial charge on any atom is -0.400 e. The Kier molecular flexibility index (Phi) is 14.7. The Morgan fingerprint density at radius 2 is 1.45 bits per heavy atom. The number of benzene rings is 1. The lowest BCUT2D eigenvalue weighted by atomic mass is 9.85. The highest BCUT2D eigenvalue weighted by Gasteiger charge is 2.39. The number of nitrogens with two attached hydrogens (primary N) is 2. The van der Waals surface area contributed by atoms with Crippen molar-refractivity contribution in [2.45, 2.75) is 143 Å². The van der Waals surface area contributed by atoms with Crippen molar-refractivity contribution in [3.63, 3.8) is 0 Å². The standard InChI is InChI=1S/C44H68N8O2S/c1-12-16-20-29(14-3)27-52(30(15-4)21-17-13-2)55(53,54)38-23-19-18-22-35(38)50-51-42-34(44(8,9)10)25-32(41(42)47-11)37-26-36(48-28-49-37)31-24-33(43(5,6)7)40(46)39(31)45/h18-19,22-26,28-32,50H,12-17,20-21,27,45-46H2,1-11H3. The van der Waals surface area contributed by atoms with Gasteiger partial charge in [-0.3, -0.25) is 10.4 Å². The molecule has 0 aliphatic heterocycles. The molecule has 302 valence electrons. The Hall–Kier alpha value is -3.83. The van der Waals surface area contributed by atoms with Crippen LogP contribution >= 0.6 is 0 Å². The zero-order chi connectivity index (χ0) is 40.7. The Bertz CT molecular complexity index is 1910. The molecule has 4 rings (SSSR count). The fourth-order valence-electron chi connectivity index (χ4n) is 7.73. The van der Waals surface area contributed by atoms with Crippen LogP contribution in [0.2, 0.25) is 0 Å². The van der Waals surface area contributed by atoms with Gasteiger partial charge in [0.2, 0.25) is 10.0 Å². The van der Waals surface area contributed by atoms with E-state index in [0.29, 0.717) is 35.3 Å². The van der Waals surface area contributed by atoms with Gasteiger partial charge >= 0.3 is 0 Å². The summed E-state index contributed by atoms with van der Waals surface area (Å²) in [5.41, 5.74) is 22.4. The normalized spacial score (nSPS) is 20.7. The molecule has 0 bridgehead atoms. The molecular weight excluding hydrogens is 705 g/mol. The summed E-state index contributed by atoms with van der Waals surface area (Å²) in [5.74, 6) is -0.267. The number of aromatic nitrogens is 2. The largest absolute Gasteiger partial charge is 0.400 e. The number of rotatable bonds is 17. The van der Waals surface area contributed by atoms with Crippen LogP contribution in [0.4, 0.5) is 5.69 Å². The van der Waals surface area contributed by atoms with Gasteiger partial charge in [-0.05, 0) is 65.4 Å². The summed E-state index contributed by atoms with van der Waals surface area (Å²) in [6, 6.07) is 9.05. The fourth-order valence-corrected chi connectivity index (χ4v) is 9.68. The number of hydrazone groups is 1. The monoisotopic (exact) mass is 773 g/mol. The molecule has 2 aromatic rings. The fraction of sp³-hybridized carbons (Fsp3) is 0.591. The third kappa shape index (κ3) is 9.95. The smallest absolute Gasteiger partial charge is 0.245 e. The minimum atomic E-state index is -3.89. The topological polar surface area (TPSA) is 152 Å². The first-order chi connectivity index (χ1) is 25.9. The number of nitrogens with one attached hydrogen (secondary N) is 1. The van der Waals surface area contributed by atoms with Gasteiger partial charge in [0.05, 0.1) is 40.3 Å². The number of anilines is 1. The SMILES string of the molecule is CCCCC(CC)CN(C(CC)CCCC)S(=O)(=O)c1ccccc1NN=C1C(C(C)(C)C)=CC(c2cc(C3C=C(C(C)(C)C)C(N)=C3N)ncn2)C1=NC. The maximum Gasteiger partial charge on any atom is 0.245 e. The second kappa shape index (κ2) is 18.4. The van der Waals surface area contributed by atoms with E-state index in [2.05, 4.69) is 91.8 Å². The maximum atomic E-state index is 14.8. The lowest BCUT2D eigenvalue weighted by Crippen LogP contribution is -2.43. The molecule has 11 heteroatoms. The maximum absolute atomic E-state index is 14.8. The summed E-state index contributed by atoms with van der Waals surface area (Å²) in [5, 5.41) is 4.98. The van der Waals surface area contributed by atoms with E-state index < -0.39 is 10.0 Å². The first-order valence-electron chi connectivity index (χ1n) is 20.4. The van der Waals surface area contributed by atoms with Crippen LogP contribution in [0.1, 0.15) is 144 Å². The van der Waals surface area contributed by atoms with E-state index >= 15 is 0 Å². The first-order valence-corrected chi connectivity index (χ1v) is 21.8. The summed E-state index contributed by atoms with van der Waals surface area (Å²) < 4.78 is 31.5. The molecular formula is C44H68N8O2S. The molecule has 0 fully saturated rings. The summed E-state index contributed by atoms with van der Waals surface area (Å²) in [4.78, 5) is 14.4. The van der Waals surface area contributed by atoms with Crippen molar-refractivity contribution in [1.82, 2.24) is 14.3 Å². The third-order valence-corrected chi connectivity index (χ3v) is 13.1. The summed E-state index contributed by atoms with van der Waals surface area (Å²) in [6.07, 6.45) is 13.6. The van der Waals surface area contributed by atoms with Crippen LogP contribution in [-0.4, -0.2) is 53.7 Å². The van der Waals surface area contributed by atoms with Crippen molar-refractivity contribution in [3.8, 4) is 0 Å². The highest BCUT2D eigenvalue weighted by Crippen LogP contribution is 2.42. The van der Waals surface area contributed by atoms with Crippen LogP contribution in [-0.2, 0) is 10.0 Å². The second-order valence-electron chi connectivity index (χ2n) is 17.2. The molecule has 1 aromatic carbocycles. The summed E-state index contributed by atoms with van der Waals surface area (Å²) in [6.45, 7) is 21.9. The molecule has 0 saturated heterocycles. The third-order valence-electron chi connectivity index (χ3n) is 11.1. The molecule has 10 nitrogen and oxygen atoms in total. The molecule has 0 radical (unpaired) electrons. The Labute approximate surface area is 332 Å². The van der Waals surface area contributed by atoms with Gasteiger partial charge in [-0.1, -0.05) is 126 Å². The van der Waals surface area contributed by atoms with E-state index in [4.69, 9.17) is 26.5 Å². The molecule has 4 atom stereocenters. The number of aliphatic imine (C=N–C) groups is 1. The second-order valence-corrected chi connectivity index (χ2v) is 19.1. The molecule has 2 aliphatic carbocycles. The molecule has 0 saturated carbocycles. The summed E-state index contributed by atoms with van der Waals surface area (Å²) >= 11 is 0. The molecule has 4 unspecified atom stereocenters. The average Bonchev–Trinajstić information content (AvgIpc) is 3.68. The van der Waals surface area contributed by atoms with Crippen LogP contribution in [0, 0.1) is 16.7 Å². The van der Waals surface area contributed by atoms with E-state index in [9.17, 15) is 8.42 Å². The number of sulfonamides is 1. The van der Waals surface area contributed by atoms with Crippen LogP contribution < -0.4 is 16.9 Å². The average molecular weight is 773 g/mol. The lowest BCUT2D eigenvalue weighted by Gasteiger charge is -2.33. The number of hydrogen-bond acceptors (Lipinski definition) is 9. The van der Waals surface area contributed by atoms with Gasteiger partial charge in [0.15, 0.2) is 0 Å². The molecule has 55 heavy (non-hydrogen) atoms. The van der Waals surface area contributed by atoms with E-state index in [-0.39, 0.29) is 33.6 Å². The molecule has 1 aromatic heterocycles. The number of para-hydroxylation sites is 1. The first kappa shape index (κ1) is 43.9. The van der Waals surface area contributed by atoms with Gasteiger partial charge < -0.3 is 11.5 Å². The van der Waals surface area contributed by atoms with Crippen molar-refractivity contribution in [2.75, 3.05) is 19.0 Å². The predicted molar refractivity (Wildman–Crippen MR) is 230 cm³/mol. The van der Waals surface area contributed by atoms with Gasteiger partial charge in [0, 0.05) is 25.3 Å². The van der Waals surface area contributed by atoms with Crippen LogP contribution in [0.25, 0.3) is 0 Å².